The van der Waals surface area contributed by atoms with Crippen molar-refractivity contribution < 1.29 is 14.3 Å². The van der Waals surface area contributed by atoms with Gasteiger partial charge in [-0.05, 0) is 36.4 Å². The summed E-state index contributed by atoms with van der Waals surface area (Å²) in [5.74, 6) is 0.000139. The number of nitrogens with one attached hydrogen (secondary N) is 1. The fourth-order valence-corrected chi connectivity index (χ4v) is 1.95. The van der Waals surface area contributed by atoms with Crippen molar-refractivity contribution >= 4 is 17.4 Å². The molecule has 0 heterocycles. The summed E-state index contributed by atoms with van der Waals surface area (Å²) in [6.07, 6.45) is -0.259. The van der Waals surface area contributed by atoms with Gasteiger partial charge < -0.3 is 10.1 Å². The van der Waals surface area contributed by atoms with Crippen LogP contribution in [0.2, 0.25) is 0 Å². The van der Waals surface area contributed by atoms with Gasteiger partial charge in [-0.25, -0.2) is 0 Å². The monoisotopic (exact) mass is 294 g/mol. The highest BCUT2D eigenvalue weighted by molar-refractivity contribution is 6.13. The maximum absolute atomic E-state index is 12.5. The molecule has 0 bridgehead atoms. The van der Waals surface area contributed by atoms with Gasteiger partial charge in [0.2, 0.25) is 5.91 Å². The quantitative estimate of drug-likeness (QED) is 0.860. The van der Waals surface area contributed by atoms with Crippen molar-refractivity contribution in [2.45, 2.75) is 6.42 Å². The number of amides is 1. The molecular formula is C17H14N2O3. The third-order valence-corrected chi connectivity index (χ3v) is 3.04. The highest BCUT2D eigenvalue weighted by Gasteiger charge is 2.14. The SMILES string of the molecule is COc1ccc(C(=O)c2ccccc2NC(=O)CC#N)cc1. The normalized spacial score (nSPS) is 9.64. The van der Waals surface area contributed by atoms with E-state index in [1.54, 1.807) is 61.7 Å². The van der Waals surface area contributed by atoms with E-state index in [0.29, 0.717) is 22.6 Å². The van der Waals surface area contributed by atoms with Gasteiger partial charge >= 0.3 is 0 Å². The van der Waals surface area contributed by atoms with Gasteiger partial charge in [-0.15, -0.1) is 0 Å². The lowest BCUT2D eigenvalue weighted by atomic mass is 10.0. The number of para-hydroxylation sites is 1. The standard InChI is InChI=1S/C17H14N2O3/c1-22-13-8-6-12(7-9-13)17(21)14-4-2-3-5-15(14)19-16(20)10-11-18/h2-9H,10H2,1H3,(H,19,20). The lowest BCUT2D eigenvalue weighted by molar-refractivity contribution is -0.115. The van der Waals surface area contributed by atoms with Crippen LogP contribution in [0.3, 0.4) is 0 Å². The molecule has 1 N–H and O–H groups in total. The first-order chi connectivity index (χ1) is 10.7. The Balaban J connectivity index is 2.29. The summed E-state index contributed by atoms with van der Waals surface area (Å²) >= 11 is 0. The van der Waals surface area contributed by atoms with E-state index in [9.17, 15) is 9.59 Å². The van der Waals surface area contributed by atoms with Crippen molar-refractivity contribution in [3.8, 4) is 11.8 Å². The molecule has 0 aliphatic heterocycles. The van der Waals surface area contributed by atoms with Crippen LogP contribution in [0.15, 0.2) is 48.5 Å². The van der Waals surface area contributed by atoms with Crippen LogP contribution in [-0.4, -0.2) is 18.8 Å². The summed E-state index contributed by atoms with van der Waals surface area (Å²) in [5.41, 5.74) is 1.25. The number of carbonyl (C=O) groups is 2. The zero-order chi connectivity index (χ0) is 15.9. The minimum Gasteiger partial charge on any atom is -0.497 e. The molecule has 0 fully saturated rings. The molecule has 0 spiro atoms. The van der Waals surface area contributed by atoms with Crippen LogP contribution >= 0.6 is 0 Å². The van der Waals surface area contributed by atoms with Gasteiger partial charge in [0.1, 0.15) is 12.2 Å². The molecule has 2 aromatic rings. The Labute approximate surface area is 128 Å². The second-order valence-electron chi connectivity index (χ2n) is 4.49. The number of rotatable bonds is 5. The van der Waals surface area contributed by atoms with Gasteiger partial charge in [0.25, 0.3) is 0 Å². The molecule has 2 aromatic carbocycles. The molecule has 2 rings (SSSR count). The van der Waals surface area contributed by atoms with E-state index in [4.69, 9.17) is 10.00 Å². The molecule has 0 aliphatic rings. The van der Waals surface area contributed by atoms with E-state index in [2.05, 4.69) is 5.32 Å². The average molecular weight is 294 g/mol. The van der Waals surface area contributed by atoms with Crippen LogP contribution < -0.4 is 10.1 Å². The molecule has 1 amide bonds. The van der Waals surface area contributed by atoms with Crippen molar-refractivity contribution in [2.24, 2.45) is 0 Å². The van der Waals surface area contributed by atoms with E-state index >= 15 is 0 Å². The Hall–Kier alpha value is -3.13. The third kappa shape index (κ3) is 3.49. The Morgan fingerprint density at radius 1 is 1.14 bits per heavy atom. The van der Waals surface area contributed by atoms with Gasteiger partial charge in [0, 0.05) is 11.1 Å². The zero-order valence-corrected chi connectivity index (χ0v) is 12.0. The number of methoxy groups -OCH3 is 1. The van der Waals surface area contributed by atoms with Crippen LogP contribution in [0.1, 0.15) is 22.3 Å². The van der Waals surface area contributed by atoms with E-state index in [1.165, 1.54) is 0 Å². The largest absolute Gasteiger partial charge is 0.497 e. The molecule has 0 saturated heterocycles. The van der Waals surface area contributed by atoms with Crippen LogP contribution in [0.25, 0.3) is 0 Å². The predicted molar refractivity (Wildman–Crippen MR) is 81.7 cm³/mol. The van der Waals surface area contributed by atoms with Gasteiger partial charge in [-0.3, -0.25) is 9.59 Å². The second-order valence-corrected chi connectivity index (χ2v) is 4.49. The van der Waals surface area contributed by atoms with Gasteiger partial charge in [-0.1, -0.05) is 12.1 Å². The number of hydrogen-bond acceptors (Lipinski definition) is 4. The smallest absolute Gasteiger partial charge is 0.238 e. The lowest BCUT2D eigenvalue weighted by Crippen LogP contribution is -2.14. The van der Waals surface area contributed by atoms with E-state index in [-0.39, 0.29) is 12.2 Å². The van der Waals surface area contributed by atoms with Crippen molar-refractivity contribution in [1.29, 1.82) is 5.26 Å². The Kier molecular flexibility index (Phi) is 4.89. The molecule has 22 heavy (non-hydrogen) atoms. The Morgan fingerprint density at radius 2 is 1.82 bits per heavy atom. The number of ketones is 1. The molecule has 0 saturated carbocycles. The molecule has 0 aromatic heterocycles. The van der Waals surface area contributed by atoms with Crippen LogP contribution in [0.5, 0.6) is 5.75 Å². The molecule has 5 nitrogen and oxygen atoms in total. The van der Waals surface area contributed by atoms with Crippen molar-refractivity contribution in [3.63, 3.8) is 0 Å². The number of benzene rings is 2. The first-order valence-corrected chi connectivity index (χ1v) is 6.60. The van der Waals surface area contributed by atoms with Crippen LogP contribution in [0, 0.1) is 11.3 Å². The molecule has 0 radical (unpaired) electrons. The number of nitrogens with zero attached hydrogens (tertiary/aromatic N) is 1. The van der Waals surface area contributed by atoms with Crippen LogP contribution in [-0.2, 0) is 4.79 Å². The highest BCUT2D eigenvalue weighted by Crippen LogP contribution is 2.21. The molecule has 0 aliphatic carbocycles. The summed E-state index contributed by atoms with van der Waals surface area (Å²) in [6, 6.07) is 15.2. The van der Waals surface area contributed by atoms with Gasteiger partial charge in [0.05, 0.1) is 18.9 Å². The topological polar surface area (TPSA) is 79.2 Å². The van der Waals surface area contributed by atoms with Gasteiger partial charge in [0.15, 0.2) is 5.78 Å². The van der Waals surface area contributed by atoms with Crippen molar-refractivity contribution in [2.75, 3.05) is 12.4 Å². The number of hydrogen-bond donors (Lipinski definition) is 1. The first kappa shape index (κ1) is 15.3. The first-order valence-electron chi connectivity index (χ1n) is 6.60. The summed E-state index contributed by atoms with van der Waals surface area (Å²) in [5, 5.41) is 11.1. The summed E-state index contributed by atoms with van der Waals surface area (Å²) < 4.78 is 5.06. The Morgan fingerprint density at radius 3 is 2.45 bits per heavy atom. The van der Waals surface area contributed by atoms with Crippen LogP contribution in [0.4, 0.5) is 5.69 Å². The molecule has 5 heteroatoms. The molecule has 0 atom stereocenters. The van der Waals surface area contributed by atoms with E-state index in [0.717, 1.165) is 0 Å². The minimum atomic E-state index is -0.447. The van der Waals surface area contributed by atoms with E-state index < -0.39 is 5.91 Å². The number of ether oxygens (including phenoxy) is 1. The third-order valence-electron chi connectivity index (χ3n) is 3.04. The van der Waals surface area contributed by atoms with E-state index in [1.807, 2.05) is 0 Å². The average Bonchev–Trinajstić information content (AvgIpc) is 2.55. The summed E-state index contributed by atoms with van der Waals surface area (Å²) in [7, 11) is 1.55. The predicted octanol–water partition coefficient (Wildman–Crippen LogP) is 2.78. The maximum Gasteiger partial charge on any atom is 0.238 e. The van der Waals surface area contributed by atoms with Crippen molar-refractivity contribution in [3.05, 3.63) is 59.7 Å². The maximum atomic E-state index is 12.5. The number of anilines is 1. The minimum absolute atomic E-state index is 0.212. The fraction of sp³-hybridized carbons (Fsp3) is 0.118. The number of nitriles is 1. The van der Waals surface area contributed by atoms with Crippen molar-refractivity contribution in [1.82, 2.24) is 0 Å². The Bertz CT molecular complexity index is 730. The molecule has 0 unspecified atom stereocenters. The zero-order valence-electron chi connectivity index (χ0n) is 12.0. The molecule has 110 valence electrons. The number of carbonyl (C=O) groups excluding carboxylic acids is 2. The summed E-state index contributed by atoms with van der Waals surface area (Å²) in [4.78, 5) is 24.1. The highest BCUT2D eigenvalue weighted by atomic mass is 16.5. The fourth-order valence-electron chi connectivity index (χ4n) is 1.95. The lowest BCUT2D eigenvalue weighted by Gasteiger charge is -2.09. The van der Waals surface area contributed by atoms with Gasteiger partial charge in [-0.2, -0.15) is 5.26 Å². The summed E-state index contributed by atoms with van der Waals surface area (Å²) in [6.45, 7) is 0. The second kappa shape index (κ2) is 7.04. The molecular weight excluding hydrogens is 280 g/mol.